The fourth-order valence-corrected chi connectivity index (χ4v) is 0.782. The van der Waals surface area contributed by atoms with E-state index in [4.69, 9.17) is 23.6 Å². The van der Waals surface area contributed by atoms with Crippen molar-refractivity contribution in [3.63, 3.8) is 0 Å². The number of halogens is 2. The summed E-state index contributed by atoms with van der Waals surface area (Å²) in [6, 6.07) is 3.21. The van der Waals surface area contributed by atoms with Gasteiger partial charge in [-0.1, -0.05) is 0 Å². The molecule has 5 heteroatoms. The number of pyridine rings is 1. The van der Waals surface area contributed by atoms with Crippen molar-refractivity contribution in [1.82, 2.24) is 8.92 Å². The summed E-state index contributed by atoms with van der Waals surface area (Å²) in [5.74, 6) is -0.485. The summed E-state index contributed by atoms with van der Waals surface area (Å²) in [5, 5.41) is 0. The molecule has 0 aliphatic rings. The van der Waals surface area contributed by atoms with Crippen molar-refractivity contribution in [2.45, 2.75) is 0 Å². The lowest BCUT2D eigenvalue weighted by atomic mass is 10.3. The van der Waals surface area contributed by atoms with Gasteiger partial charge in [0.15, 0.2) is 0 Å². The van der Waals surface area contributed by atoms with Crippen molar-refractivity contribution in [1.29, 1.82) is 0 Å². The third-order valence-electron chi connectivity index (χ3n) is 1.06. The van der Waals surface area contributed by atoms with Crippen molar-refractivity contribution in [3.05, 3.63) is 30.1 Å². The summed E-state index contributed by atoms with van der Waals surface area (Å²) >= 11 is 10.4. The Morgan fingerprint density at radius 2 is 2.27 bits per heavy atom. The Hall–Kier alpha value is -0.800. The van der Waals surface area contributed by atoms with Crippen LogP contribution >= 0.6 is 23.6 Å². The van der Waals surface area contributed by atoms with Crippen LogP contribution in [-0.2, 0) is 0 Å². The first-order chi connectivity index (χ1) is 5.22. The highest BCUT2D eigenvalue weighted by Crippen LogP contribution is 2.07. The average molecular weight is 191 g/mol. The molecule has 11 heavy (non-hydrogen) atoms. The lowest BCUT2D eigenvalue weighted by Crippen LogP contribution is -2.10. The Morgan fingerprint density at radius 1 is 1.55 bits per heavy atom. The van der Waals surface area contributed by atoms with E-state index in [1.807, 2.05) is 0 Å². The molecule has 3 nitrogen and oxygen atoms in total. The highest BCUT2D eigenvalue weighted by Gasteiger charge is 2.10. The maximum atomic E-state index is 11.0. The Labute approximate surface area is 73.8 Å². The molecule has 0 spiro atoms. The zero-order valence-electron chi connectivity index (χ0n) is 5.37. The third kappa shape index (κ3) is 2.06. The van der Waals surface area contributed by atoms with Gasteiger partial charge in [0, 0.05) is 35.9 Å². The maximum absolute atomic E-state index is 11.0. The van der Waals surface area contributed by atoms with E-state index in [2.05, 4.69) is 4.98 Å². The molecule has 0 unspecified atom stereocenters. The second-order valence-corrected chi connectivity index (χ2v) is 2.63. The SMILES string of the molecule is O=C(c1cccnc1)N(Cl)Cl. The van der Waals surface area contributed by atoms with Crippen LogP contribution in [0.5, 0.6) is 0 Å². The van der Waals surface area contributed by atoms with Crippen molar-refractivity contribution in [2.24, 2.45) is 0 Å². The molecule has 1 amide bonds. The van der Waals surface area contributed by atoms with Crippen LogP contribution in [-0.4, -0.2) is 14.8 Å². The number of amides is 1. The molecule has 0 aromatic carbocycles. The van der Waals surface area contributed by atoms with Gasteiger partial charge >= 0.3 is 0 Å². The average Bonchev–Trinajstić information content (AvgIpc) is 2.05. The topological polar surface area (TPSA) is 33.2 Å². The molecule has 1 rings (SSSR count). The van der Waals surface area contributed by atoms with Crippen LogP contribution in [0.25, 0.3) is 0 Å². The van der Waals surface area contributed by atoms with Gasteiger partial charge in [-0.15, -0.1) is 0 Å². The minimum absolute atomic E-state index is 0.359. The van der Waals surface area contributed by atoms with Gasteiger partial charge in [0.25, 0.3) is 5.91 Å². The summed E-state index contributed by atoms with van der Waals surface area (Å²) in [7, 11) is 0. The normalized spacial score (nSPS) is 9.27. The third-order valence-corrected chi connectivity index (χ3v) is 1.37. The number of hydrogen-bond donors (Lipinski definition) is 0. The fourth-order valence-electron chi connectivity index (χ4n) is 0.587. The van der Waals surface area contributed by atoms with Crippen LogP contribution in [0.2, 0.25) is 0 Å². The number of carbonyl (C=O) groups is 1. The number of hydrogen-bond acceptors (Lipinski definition) is 2. The predicted octanol–water partition coefficient (Wildman–Crippen LogP) is 1.83. The Morgan fingerprint density at radius 3 is 2.73 bits per heavy atom. The van der Waals surface area contributed by atoms with E-state index < -0.39 is 5.91 Å². The largest absolute Gasteiger partial charge is 0.284 e. The molecular formula is C6H4Cl2N2O. The van der Waals surface area contributed by atoms with Crippen LogP contribution in [0.15, 0.2) is 24.5 Å². The first kappa shape index (κ1) is 8.30. The molecule has 1 aromatic heterocycles. The molecule has 0 saturated heterocycles. The fraction of sp³-hybridized carbons (Fsp3) is 0. The van der Waals surface area contributed by atoms with E-state index in [1.165, 1.54) is 6.20 Å². The summed E-state index contributed by atoms with van der Waals surface area (Å²) in [5.41, 5.74) is 0.359. The smallest absolute Gasteiger partial charge is 0.266 e. The van der Waals surface area contributed by atoms with Gasteiger partial charge in [-0.2, -0.15) is 3.94 Å². The first-order valence-corrected chi connectivity index (χ1v) is 3.45. The minimum Gasteiger partial charge on any atom is -0.266 e. The highest BCUT2D eigenvalue weighted by molar-refractivity contribution is 6.43. The lowest BCUT2D eigenvalue weighted by molar-refractivity contribution is 0.0923. The molecule has 1 heterocycles. The molecule has 0 bridgehead atoms. The number of carbonyl (C=O) groups excluding carboxylic acids is 1. The van der Waals surface area contributed by atoms with E-state index in [0.29, 0.717) is 9.50 Å². The summed E-state index contributed by atoms with van der Waals surface area (Å²) in [6.45, 7) is 0. The summed E-state index contributed by atoms with van der Waals surface area (Å²) < 4.78 is 0.469. The Kier molecular flexibility index (Phi) is 2.68. The molecule has 0 radical (unpaired) electrons. The van der Waals surface area contributed by atoms with Crippen LogP contribution < -0.4 is 0 Å². The number of aromatic nitrogens is 1. The zero-order valence-corrected chi connectivity index (χ0v) is 6.88. The summed E-state index contributed by atoms with van der Waals surface area (Å²) in [4.78, 5) is 14.7. The second kappa shape index (κ2) is 3.55. The van der Waals surface area contributed by atoms with E-state index in [9.17, 15) is 4.79 Å². The van der Waals surface area contributed by atoms with E-state index in [1.54, 1.807) is 18.3 Å². The highest BCUT2D eigenvalue weighted by atomic mass is 35.5. The Bertz CT molecular complexity index is 250. The molecule has 0 fully saturated rings. The monoisotopic (exact) mass is 190 g/mol. The molecular weight excluding hydrogens is 187 g/mol. The lowest BCUT2D eigenvalue weighted by Gasteiger charge is -2.01. The van der Waals surface area contributed by atoms with Crippen molar-refractivity contribution < 1.29 is 4.79 Å². The van der Waals surface area contributed by atoms with Gasteiger partial charge in [0.05, 0.1) is 5.56 Å². The van der Waals surface area contributed by atoms with Crippen LogP contribution in [0.4, 0.5) is 0 Å². The molecule has 0 saturated carbocycles. The van der Waals surface area contributed by atoms with Gasteiger partial charge in [0.1, 0.15) is 0 Å². The first-order valence-electron chi connectivity index (χ1n) is 2.78. The van der Waals surface area contributed by atoms with Gasteiger partial charge < -0.3 is 0 Å². The molecule has 58 valence electrons. The van der Waals surface area contributed by atoms with Gasteiger partial charge in [-0.05, 0) is 12.1 Å². The predicted molar refractivity (Wildman–Crippen MR) is 42.1 cm³/mol. The zero-order chi connectivity index (χ0) is 8.27. The van der Waals surface area contributed by atoms with Crippen LogP contribution in [0.3, 0.4) is 0 Å². The quantitative estimate of drug-likeness (QED) is 0.634. The number of nitrogens with zero attached hydrogens (tertiary/aromatic N) is 2. The van der Waals surface area contributed by atoms with E-state index in [0.717, 1.165) is 0 Å². The van der Waals surface area contributed by atoms with E-state index in [-0.39, 0.29) is 0 Å². The van der Waals surface area contributed by atoms with Crippen molar-refractivity contribution >= 4 is 29.5 Å². The molecule has 1 aromatic rings. The maximum Gasteiger partial charge on any atom is 0.284 e. The van der Waals surface area contributed by atoms with Crippen LogP contribution in [0.1, 0.15) is 10.4 Å². The van der Waals surface area contributed by atoms with Crippen LogP contribution in [0, 0.1) is 0 Å². The van der Waals surface area contributed by atoms with Crippen molar-refractivity contribution in [3.8, 4) is 0 Å². The second-order valence-electron chi connectivity index (χ2n) is 1.78. The van der Waals surface area contributed by atoms with Crippen molar-refractivity contribution in [2.75, 3.05) is 0 Å². The molecule has 0 atom stereocenters. The standard InChI is InChI=1S/C6H4Cl2N2O/c7-10(8)6(11)5-2-1-3-9-4-5/h1-4H. The Balaban J connectivity index is 2.86. The number of rotatable bonds is 1. The molecule has 0 aliphatic carbocycles. The summed E-state index contributed by atoms with van der Waals surface area (Å²) in [6.07, 6.45) is 2.95. The van der Waals surface area contributed by atoms with Gasteiger partial charge in [-0.25, -0.2) is 0 Å². The van der Waals surface area contributed by atoms with Gasteiger partial charge in [-0.3, -0.25) is 9.78 Å². The minimum atomic E-state index is -0.485. The molecule has 0 aliphatic heterocycles. The molecule has 0 N–H and O–H groups in total. The van der Waals surface area contributed by atoms with Gasteiger partial charge in [0.2, 0.25) is 0 Å². The van der Waals surface area contributed by atoms with E-state index >= 15 is 0 Å².